The maximum absolute atomic E-state index is 11.7. The molecule has 0 aliphatic carbocycles. The highest BCUT2D eigenvalue weighted by molar-refractivity contribution is 5.76. The van der Waals surface area contributed by atoms with Crippen LogP contribution in [0.5, 0.6) is 0 Å². The fraction of sp³-hybridized carbons (Fsp3) is 0.778. The Bertz CT molecular complexity index is 579. The van der Waals surface area contributed by atoms with Crippen LogP contribution < -0.4 is 28.2 Å². The third kappa shape index (κ3) is 15.5. The van der Waals surface area contributed by atoms with E-state index in [1.807, 2.05) is 6.92 Å². The molecule has 0 bridgehead atoms. The van der Waals surface area contributed by atoms with Crippen LogP contribution in [0.1, 0.15) is 20.3 Å². The molecule has 0 aromatic heterocycles. The number of halogens is 1. The molecule has 0 saturated carbocycles. The average Bonchev–Trinajstić information content (AvgIpc) is 2.59. The van der Waals surface area contributed by atoms with Crippen molar-refractivity contribution in [3.63, 3.8) is 0 Å². The first-order chi connectivity index (χ1) is 14.0. The van der Waals surface area contributed by atoms with Crippen LogP contribution in [0.4, 0.5) is 0 Å². The monoisotopic (exact) mass is 545 g/mol. The smallest absolute Gasteiger partial charge is 0.317 e. The minimum atomic E-state index is -0.975. The van der Waals surface area contributed by atoms with Crippen molar-refractivity contribution in [1.29, 1.82) is 0 Å². The summed E-state index contributed by atoms with van der Waals surface area (Å²) >= 11 is 2.15. The minimum absolute atomic E-state index is 0.0111. The van der Waals surface area contributed by atoms with E-state index in [4.69, 9.17) is 10.2 Å². The van der Waals surface area contributed by atoms with Gasteiger partial charge in [-0.15, -0.1) is 0 Å². The largest absolute Gasteiger partial charge is 0.480 e. The van der Waals surface area contributed by atoms with Gasteiger partial charge in [0.2, 0.25) is 0 Å². The number of rotatable bonds is 19. The molecular formula is C18H34IN4O7. The Kier molecular flexibility index (Phi) is 14.8. The van der Waals surface area contributed by atoms with Gasteiger partial charge in [-0.25, -0.2) is 0 Å². The molecule has 0 fully saturated rings. The lowest BCUT2D eigenvalue weighted by Gasteiger charge is -2.45. The van der Waals surface area contributed by atoms with Crippen LogP contribution in [0.25, 0.3) is 0 Å². The summed E-state index contributed by atoms with van der Waals surface area (Å²) in [4.78, 5) is 48.1. The van der Waals surface area contributed by atoms with Crippen molar-refractivity contribution in [3.05, 3.63) is 0 Å². The first-order valence-electron chi connectivity index (χ1n) is 9.83. The summed E-state index contributed by atoms with van der Waals surface area (Å²) in [6, 6.07) is 0. The normalized spacial score (nSPS) is 13.4. The van der Waals surface area contributed by atoms with Gasteiger partial charge in [0, 0.05) is 33.1 Å². The van der Waals surface area contributed by atoms with E-state index in [1.165, 1.54) is 6.92 Å². The van der Waals surface area contributed by atoms with Gasteiger partial charge in [-0.2, -0.15) is 0 Å². The number of carbonyl (C=O) groups is 4. The first kappa shape index (κ1) is 28.6. The van der Waals surface area contributed by atoms with Crippen molar-refractivity contribution in [2.75, 3.05) is 72.0 Å². The molecule has 0 rings (SSSR count). The molecule has 0 spiro atoms. The van der Waals surface area contributed by atoms with Crippen molar-refractivity contribution in [3.8, 4) is 0 Å². The number of nitrogens with one attached hydrogen (secondary N) is 1. The van der Waals surface area contributed by atoms with Gasteiger partial charge in [-0.3, -0.25) is 29.0 Å². The molecule has 0 aromatic rings. The number of ketones is 1. The van der Waals surface area contributed by atoms with Crippen LogP contribution in [0.15, 0.2) is 0 Å². The molecule has 1 atom stereocenters. The standard InChI is InChI=1S/C18H34IN4O7/c1-3-5-21(12-17(27)28)6-7-22(13-18(29)30)8-10-23(19,14-15(2)24)9-4-20-11-16(25)26/h20H,3-14H2,1-2H3,(H,25,26)(H,27,28)(H,29,30). The lowest BCUT2D eigenvalue weighted by molar-refractivity contribution is -1.30. The van der Waals surface area contributed by atoms with Crippen LogP contribution in [-0.4, -0.2) is 123 Å². The molecule has 11 nitrogen and oxygen atoms in total. The Hall–Kier alpha value is -1.35. The van der Waals surface area contributed by atoms with E-state index in [2.05, 4.69) is 28.2 Å². The molecule has 0 amide bonds. The summed E-state index contributed by atoms with van der Waals surface area (Å²) in [6.07, 6.45) is 0.794. The summed E-state index contributed by atoms with van der Waals surface area (Å²) in [5.41, 5.74) is 0. The summed E-state index contributed by atoms with van der Waals surface area (Å²) < 4.78 is 0.323. The molecule has 12 heteroatoms. The first-order valence-corrected chi connectivity index (χ1v) is 10.8. The number of Topliss-reactive ketones (excluding diaryl/α,β-unsaturated/α-hetero) is 1. The molecule has 0 saturated heterocycles. The Morgan fingerprint density at radius 3 is 1.83 bits per heavy atom. The summed E-state index contributed by atoms with van der Waals surface area (Å²) in [5.74, 6) is -2.87. The van der Waals surface area contributed by atoms with Crippen molar-refractivity contribution < 1.29 is 60.1 Å². The second-order valence-corrected chi connectivity index (χ2v) is 9.29. The second kappa shape index (κ2) is 15.5. The zero-order valence-corrected chi connectivity index (χ0v) is 19.8. The molecule has 0 aromatic carbocycles. The molecular weight excluding hydrogens is 511 g/mol. The summed E-state index contributed by atoms with van der Waals surface area (Å²) in [5, 5.41) is 29.8. The van der Waals surface area contributed by atoms with Gasteiger partial charge in [-0.1, -0.05) is 6.92 Å². The van der Waals surface area contributed by atoms with E-state index in [0.717, 1.165) is 6.42 Å². The lowest BCUT2D eigenvalue weighted by atomic mass is 10.3. The second-order valence-electron chi connectivity index (χ2n) is 7.25. The quantitative estimate of drug-likeness (QED) is 0.0715. The summed E-state index contributed by atoms with van der Waals surface area (Å²) in [6.45, 7) is 6.50. The van der Waals surface area contributed by atoms with Gasteiger partial charge < -0.3 is 46.2 Å². The number of hydrogen-bond acceptors (Lipinski definition) is 7. The zero-order valence-electron chi connectivity index (χ0n) is 17.7. The van der Waals surface area contributed by atoms with Crippen molar-refractivity contribution in [1.82, 2.24) is 15.1 Å². The topological polar surface area (TPSA) is 147 Å². The molecule has 0 aliphatic heterocycles. The van der Waals surface area contributed by atoms with Crippen LogP contribution in [-0.2, 0) is 19.2 Å². The maximum atomic E-state index is 11.7. The predicted molar refractivity (Wildman–Crippen MR) is 104 cm³/mol. The third-order valence-electron chi connectivity index (χ3n) is 4.28. The van der Waals surface area contributed by atoms with Crippen molar-refractivity contribution in [2.45, 2.75) is 20.3 Å². The van der Waals surface area contributed by atoms with Gasteiger partial charge >= 0.3 is 17.9 Å². The van der Waals surface area contributed by atoms with E-state index in [0.29, 0.717) is 48.5 Å². The predicted octanol–water partition coefficient (Wildman–Crippen LogP) is -4.28. The van der Waals surface area contributed by atoms with Gasteiger partial charge in [0.1, 0.15) is 6.54 Å². The fourth-order valence-corrected chi connectivity index (χ4v) is 3.92. The number of nitrogens with zero attached hydrogens (tertiary/aromatic N) is 3. The van der Waals surface area contributed by atoms with Crippen LogP contribution in [0, 0.1) is 0 Å². The van der Waals surface area contributed by atoms with Gasteiger partial charge in [0.25, 0.3) is 0 Å². The number of quaternary nitrogens is 1. The molecule has 1 radical (unpaired) electrons. The highest BCUT2D eigenvalue weighted by Gasteiger charge is 2.20. The Labute approximate surface area is 191 Å². The third-order valence-corrected chi connectivity index (χ3v) is 5.58. The Morgan fingerprint density at radius 2 is 1.40 bits per heavy atom. The lowest BCUT2D eigenvalue weighted by Crippen LogP contribution is -3.47. The van der Waals surface area contributed by atoms with E-state index >= 15 is 0 Å². The number of carbonyl (C=O) groups excluding carboxylic acids is 1. The number of hydrogen-bond donors (Lipinski definition) is 4. The number of aliphatic carboxylic acids is 3. The van der Waals surface area contributed by atoms with Gasteiger partial charge in [0.05, 0.1) is 32.7 Å². The van der Waals surface area contributed by atoms with E-state index in [-0.39, 0.29) is 32.0 Å². The SMILES string of the molecule is CCCN(CCN(CC[N+]([I-])(CCNCC(=O)O)CC(C)=O)CC(=O)O)CC(=O)O. The van der Waals surface area contributed by atoms with Crippen molar-refractivity contribution >= 4 is 23.7 Å². The molecule has 175 valence electrons. The minimum Gasteiger partial charge on any atom is -0.480 e. The zero-order chi connectivity index (χ0) is 23.2. The van der Waals surface area contributed by atoms with Crippen LogP contribution >= 0.6 is 0 Å². The molecule has 4 N–H and O–H groups in total. The van der Waals surface area contributed by atoms with Gasteiger partial charge in [0.15, 0.2) is 5.78 Å². The summed E-state index contributed by atoms with van der Waals surface area (Å²) in [7, 11) is 0. The van der Waals surface area contributed by atoms with Crippen LogP contribution in [0.2, 0.25) is 0 Å². The average molecular weight is 545 g/mol. The van der Waals surface area contributed by atoms with Crippen LogP contribution in [0.3, 0.4) is 0 Å². The van der Waals surface area contributed by atoms with Gasteiger partial charge in [-0.05, 0) is 13.0 Å². The highest BCUT2D eigenvalue weighted by Crippen LogP contribution is 1.99. The maximum Gasteiger partial charge on any atom is 0.317 e. The molecule has 1 unspecified atom stereocenters. The highest BCUT2D eigenvalue weighted by atomic mass is 127. The number of carboxylic acid groups (broad SMARTS) is 3. The number of carboxylic acids is 3. The van der Waals surface area contributed by atoms with E-state index in [1.54, 1.807) is 9.80 Å². The molecule has 0 aliphatic rings. The van der Waals surface area contributed by atoms with Crippen molar-refractivity contribution in [2.24, 2.45) is 0 Å². The Morgan fingerprint density at radius 1 is 0.867 bits per heavy atom. The van der Waals surface area contributed by atoms with E-state index in [9.17, 15) is 24.3 Å². The van der Waals surface area contributed by atoms with E-state index < -0.39 is 17.9 Å². The Balaban J connectivity index is 4.93. The fourth-order valence-electron chi connectivity index (χ4n) is 2.99. The molecule has 30 heavy (non-hydrogen) atoms. The molecule has 0 heterocycles.